The summed E-state index contributed by atoms with van der Waals surface area (Å²) in [4.78, 5) is 0. The van der Waals surface area contributed by atoms with Crippen LogP contribution in [0.25, 0.3) is 0 Å². The minimum atomic E-state index is -1.31. The second-order valence-electron chi connectivity index (χ2n) is 1.59. The number of hydrogen-bond donors (Lipinski definition) is 2. The maximum absolute atomic E-state index is 8.47. The van der Waals surface area contributed by atoms with E-state index in [-0.39, 0.29) is 0 Å². The number of hydrogen-bond acceptors (Lipinski definition) is 2. The summed E-state index contributed by atoms with van der Waals surface area (Å²) >= 11 is 0. The first kappa shape index (κ1) is 5.47. The zero-order chi connectivity index (χ0) is 5.98. The van der Waals surface area contributed by atoms with E-state index in [0.29, 0.717) is 5.46 Å². The Hall–Kier alpha value is -0.665. The van der Waals surface area contributed by atoms with Crippen molar-refractivity contribution in [3.63, 3.8) is 0 Å². The third-order valence-electron chi connectivity index (χ3n) is 0.987. The van der Waals surface area contributed by atoms with Gasteiger partial charge < -0.3 is 10.0 Å². The van der Waals surface area contributed by atoms with E-state index >= 15 is 0 Å². The highest BCUT2D eigenvalue weighted by Gasteiger charge is 1.99. The monoisotopic (exact) mass is 109 g/mol. The Morgan fingerprint density at radius 2 is 1.62 bits per heavy atom. The lowest BCUT2D eigenvalue weighted by Gasteiger charge is -1.95. The second-order valence-corrected chi connectivity index (χ2v) is 1.59. The smallest absolute Gasteiger partial charge is 0.412 e. The third kappa shape index (κ3) is 0.939. The van der Waals surface area contributed by atoms with E-state index in [1.165, 1.54) is 0 Å². The van der Waals surface area contributed by atoms with Crippen LogP contribution >= 0.6 is 0 Å². The van der Waals surface area contributed by atoms with Crippen LogP contribution in [-0.2, 0) is 0 Å². The van der Waals surface area contributed by atoms with Crippen molar-refractivity contribution in [2.45, 2.75) is 0 Å². The Morgan fingerprint density at radius 3 is 1.88 bits per heavy atom. The molecule has 0 heterocycles. The van der Waals surface area contributed by atoms with E-state index < -0.39 is 7.12 Å². The van der Waals surface area contributed by atoms with Crippen LogP contribution in [0.4, 0.5) is 0 Å². The summed E-state index contributed by atoms with van der Waals surface area (Å²) in [5, 5.41) is 16.9. The van der Waals surface area contributed by atoms with Crippen LogP contribution in [0.1, 0.15) is 0 Å². The third-order valence-corrected chi connectivity index (χ3v) is 0.987. The SMILES string of the molecule is OB(O)[c-]1cccc1. The van der Waals surface area contributed by atoms with Crippen LogP contribution in [0.2, 0.25) is 0 Å². The fourth-order valence-corrected chi connectivity index (χ4v) is 0.561. The summed E-state index contributed by atoms with van der Waals surface area (Å²) < 4.78 is 0. The molecular formula is C5H6BO2-. The zero-order valence-corrected chi connectivity index (χ0v) is 4.28. The van der Waals surface area contributed by atoms with Crippen LogP contribution in [0.15, 0.2) is 24.3 Å². The first-order chi connectivity index (χ1) is 3.80. The van der Waals surface area contributed by atoms with Gasteiger partial charge in [0, 0.05) is 0 Å². The molecule has 42 valence electrons. The highest BCUT2D eigenvalue weighted by Crippen LogP contribution is 1.82. The first-order valence-electron chi connectivity index (χ1n) is 2.38. The van der Waals surface area contributed by atoms with E-state index in [4.69, 9.17) is 10.0 Å². The zero-order valence-electron chi connectivity index (χ0n) is 4.28. The minimum Gasteiger partial charge on any atom is -0.434 e. The van der Waals surface area contributed by atoms with Gasteiger partial charge in [-0.05, 0) is 0 Å². The van der Waals surface area contributed by atoms with E-state index in [2.05, 4.69) is 0 Å². The van der Waals surface area contributed by atoms with Crippen molar-refractivity contribution < 1.29 is 10.0 Å². The van der Waals surface area contributed by atoms with Gasteiger partial charge in [0.15, 0.2) is 0 Å². The largest absolute Gasteiger partial charge is 0.434 e. The Labute approximate surface area is 47.9 Å². The lowest BCUT2D eigenvalue weighted by atomic mass is 9.83. The van der Waals surface area contributed by atoms with Crippen molar-refractivity contribution in [1.29, 1.82) is 0 Å². The molecule has 0 fully saturated rings. The molecular weight excluding hydrogens is 103 g/mol. The van der Waals surface area contributed by atoms with E-state index in [1.54, 1.807) is 24.3 Å². The summed E-state index contributed by atoms with van der Waals surface area (Å²) in [6.07, 6.45) is 0. The number of rotatable bonds is 1. The van der Waals surface area contributed by atoms with Crippen LogP contribution in [0.3, 0.4) is 0 Å². The highest BCUT2D eigenvalue weighted by atomic mass is 16.4. The van der Waals surface area contributed by atoms with Gasteiger partial charge in [-0.1, -0.05) is 0 Å². The summed E-state index contributed by atoms with van der Waals surface area (Å²) in [5.74, 6) is 0. The van der Waals surface area contributed by atoms with E-state index in [0.717, 1.165) is 0 Å². The highest BCUT2D eigenvalue weighted by molar-refractivity contribution is 6.58. The van der Waals surface area contributed by atoms with Crippen LogP contribution in [0.5, 0.6) is 0 Å². The molecule has 8 heavy (non-hydrogen) atoms. The summed E-state index contributed by atoms with van der Waals surface area (Å²) in [7, 11) is -1.31. The van der Waals surface area contributed by atoms with Gasteiger partial charge in [-0.3, -0.25) is 0 Å². The minimum absolute atomic E-state index is 0.546. The average molecular weight is 109 g/mol. The topological polar surface area (TPSA) is 40.5 Å². The van der Waals surface area contributed by atoms with Crippen molar-refractivity contribution in [3.8, 4) is 0 Å². The Kier molecular flexibility index (Phi) is 1.42. The van der Waals surface area contributed by atoms with Gasteiger partial charge in [-0.2, -0.15) is 12.1 Å². The maximum Gasteiger partial charge on any atom is 0.412 e. The first-order valence-corrected chi connectivity index (χ1v) is 2.38. The molecule has 2 nitrogen and oxygen atoms in total. The average Bonchev–Trinajstić information content (AvgIpc) is 2.12. The molecule has 0 unspecified atom stereocenters. The standard InChI is InChI=1S/C5H6BO2/c7-6(8)5-3-1-2-4-5/h1-4,7-8H/q-1. The van der Waals surface area contributed by atoms with Gasteiger partial charge >= 0.3 is 7.12 Å². The maximum atomic E-state index is 8.47. The molecule has 2 N–H and O–H groups in total. The summed E-state index contributed by atoms with van der Waals surface area (Å²) in [6.45, 7) is 0. The molecule has 1 aromatic rings. The molecule has 3 heteroatoms. The van der Waals surface area contributed by atoms with Crippen molar-refractivity contribution in [2.75, 3.05) is 0 Å². The predicted octanol–water partition coefficient (Wildman–Crippen LogP) is -0.915. The molecule has 0 aliphatic carbocycles. The molecule has 0 radical (unpaired) electrons. The molecule has 0 saturated heterocycles. The second kappa shape index (κ2) is 2.07. The van der Waals surface area contributed by atoms with Gasteiger partial charge in [-0.15, -0.1) is 5.46 Å². The summed E-state index contributed by atoms with van der Waals surface area (Å²) in [5.41, 5.74) is 0.546. The lowest BCUT2D eigenvalue weighted by Crippen LogP contribution is -2.27. The van der Waals surface area contributed by atoms with Crippen LogP contribution < -0.4 is 5.46 Å². The fraction of sp³-hybridized carbons (Fsp3) is 0. The Morgan fingerprint density at radius 1 is 1.12 bits per heavy atom. The quantitative estimate of drug-likeness (QED) is 0.361. The molecule has 0 atom stereocenters. The molecule has 1 aromatic carbocycles. The van der Waals surface area contributed by atoms with Crippen molar-refractivity contribution in [1.82, 2.24) is 0 Å². The molecule has 0 saturated carbocycles. The molecule has 0 bridgehead atoms. The van der Waals surface area contributed by atoms with Gasteiger partial charge in [0.25, 0.3) is 0 Å². The van der Waals surface area contributed by atoms with Gasteiger partial charge in [0.1, 0.15) is 0 Å². The molecule has 0 aromatic heterocycles. The Bertz CT molecular complexity index is 145. The van der Waals surface area contributed by atoms with E-state index in [1.807, 2.05) is 0 Å². The van der Waals surface area contributed by atoms with Crippen molar-refractivity contribution >= 4 is 12.6 Å². The van der Waals surface area contributed by atoms with Crippen LogP contribution in [-0.4, -0.2) is 17.2 Å². The van der Waals surface area contributed by atoms with Crippen molar-refractivity contribution in [3.05, 3.63) is 24.3 Å². The van der Waals surface area contributed by atoms with E-state index in [9.17, 15) is 0 Å². The molecule has 0 aliphatic rings. The van der Waals surface area contributed by atoms with Crippen molar-refractivity contribution in [2.24, 2.45) is 0 Å². The predicted molar refractivity (Wildman–Crippen MR) is 31.9 cm³/mol. The molecule has 0 amide bonds. The van der Waals surface area contributed by atoms with Gasteiger partial charge in [0.05, 0.1) is 0 Å². The summed E-state index contributed by atoms with van der Waals surface area (Å²) in [6, 6.07) is 6.83. The normalized spacial score (nSPS) is 9.25. The molecule has 1 rings (SSSR count). The van der Waals surface area contributed by atoms with Crippen LogP contribution in [0, 0.1) is 0 Å². The molecule has 0 aliphatic heterocycles. The van der Waals surface area contributed by atoms with Gasteiger partial charge in [0.2, 0.25) is 0 Å². The van der Waals surface area contributed by atoms with Gasteiger partial charge in [-0.25, -0.2) is 12.1 Å². The Balaban J connectivity index is 2.77. The molecule has 0 spiro atoms. The fourth-order valence-electron chi connectivity index (χ4n) is 0.561. The lowest BCUT2D eigenvalue weighted by molar-refractivity contribution is 0.426.